The minimum atomic E-state index is -0.555. The number of cyclic esters (lactones) is 1. The van der Waals surface area contributed by atoms with Crippen molar-refractivity contribution in [1.82, 2.24) is 0 Å². The van der Waals surface area contributed by atoms with Crippen LogP contribution < -0.4 is 0 Å². The Hall–Kier alpha value is -2.59. The van der Waals surface area contributed by atoms with Gasteiger partial charge in [0.15, 0.2) is 11.5 Å². The van der Waals surface area contributed by atoms with Gasteiger partial charge < -0.3 is 9.15 Å². The third-order valence-electron chi connectivity index (χ3n) is 2.73. The number of aliphatic imine (C=N–C) groups is 1. The van der Waals surface area contributed by atoms with E-state index >= 15 is 0 Å². The average molecular weight is 300 g/mol. The van der Waals surface area contributed by atoms with Gasteiger partial charge in [-0.25, -0.2) is 9.79 Å². The number of hydrogen-bond donors (Lipinski definition) is 0. The second-order valence-corrected chi connectivity index (χ2v) is 4.69. The topological polar surface area (TPSA) is 51.8 Å². The normalized spacial score (nSPS) is 17.0. The first kappa shape index (κ1) is 13.4. The molecule has 1 aromatic carbocycles. The third kappa shape index (κ3) is 3.12. The lowest BCUT2D eigenvalue weighted by Gasteiger charge is -1.94. The van der Waals surface area contributed by atoms with E-state index in [2.05, 4.69) is 4.99 Å². The van der Waals surface area contributed by atoms with E-state index in [0.29, 0.717) is 10.8 Å². The van der Waals surface area contributed by atoms with Crippen LogP contribution in [-0.2, 0) is 9.53 Å². The molecule has 0 unspecified atom stereocenters. The molecule has 0 fully saturated rings. The predicted molar refractivity (Wildman–Crippen MR) is 79.7 cm³/mol. The number of esters is 1. The van der Waals surface area contributed by atoms with Crippen molar-refractivity contribution in [3.05, 3.63) is 76.9 Å². The lowest BCUT2D eigenvalue weighted by Crippen LogP contribution is -2.04. The van der Waals surface area contributed by atoms with E-state index in [-0.39, 0.29) is 11.6 Å². The number of carbonyl (C=O) groups is 1. The molecule has 0 saturated heterocycles. The van der Waals surface area contributed by atoms with Crippen LogP contribution >= 0.6 is 11.6 Å². The second-order valence-electron chi connectivity index (χ2n) is 4.25. The molecule has 3 rings (SSSR count). The summed E-state index contributed by atoms with van der Waals surface area (Å²) in [7, 11) is 0. The summed E-state index contributed by atoms with van der Waals surface area (Å²) in [6.07, 6.45) is 4.69. The molecule has 0 atom stereocenters. The van der Waals surface area contributed by atoms with Crippen molar-refractivity contribution in [1.29, 1.82) is 0 Å². The third-order valence-corrected chi connectivity index (χ3v) is 2.95. The van der Waals surface area contributed by atoms with Crippen LogP contribution in [0.4, 0.5) is 0 Å². The maximum Gasteiger partial charge on any atom is 0.363 e. The van der Waals surface area contributed by atoms with Crippen LogP contribution in [0.25, 0.3) is 6.08 Å². The molecule has 0 aliphatic carbocycles. The molecular formula is C16H10ClNO3. The molecule has 0 amide bonds. The zero-order valence-corrected chi connectivity index (χ0v) is 11.6. The molecule has 21 heavy (non-hydrogen) atoms. The number of halogens is 1. The van der Waals surface area contributed by atoms with Crippen LogP contribution in [0.3, 0.4) is 0 Å². The maximum atomic E-state index is 11.7. The van der Waals surface area contributed by atoms with Crippen molar-refractivity contribution in [3.8, 4) is 0 Å². The first-order valence-corrected chi connectivity index (χ1v) is 6.59. The first-order valence-electron chi connectivity index (χ1n) is 6.21. The smallest absolute Gasteiger partial charge is 0.363 e. The predicted octanol–water partition coefficient (Wildman–Crippen LogP) is 3.75. The Labute approximate surface area is 126 Å². The minimum absolute atomic E-state index is 0.138. The maximum absolute atomic E-state index is 11.7. The molecule has 0 spiro atoms. The van der Waals surface area contributed by atoms with Gasteiger partial charge in [-0.05, 0) is 29.8 Å². The highest BCUT2D eigenvalue weighted by atomic mass is 35.5. The van der Waals surface area contributed by atoms with Gasteiger partial charge in [0.1, 0.15) is 0 Å². The number of carbonyl (C=O) groups excluding carboxylic acids is 1. The van der Waals surface area contributed by atoms with Crippen molar-refractivity contribution in [2.75, 3.05) is 0 Å². The molecule has 5 heteroatoms. The summed E-state index contributed by atoms with van der Waals surface area (Å²) in [5, 5.41) is 0.387. The molecule has 0 radical (unpaired) electrons. The molecule has 1 aliphatic rings. The van der Waals surface area contributed by atoms with E-state index in [1.54, 1.807) is 18.2 Å². The van der Waals surface area contributed by atoms with Crippen LogP contribution in [-0.4, -0.2) is 11.9 Å². The molecule has 0 saturated carbocycles. The highest BCUT2D eigenvalue weighted by molar-refractivity contribution is 6.33. The van der Waals surface area contributed by atoms with Crippen molar-refractivity contribution in [3.63, 3.8) is 0 Å². The molecular weight excluding hydrogens is 290 g/mol. The van der Waals surface area contributed by atoms with E-state index in [1.807, 2.05) is 30.3 Å². The van der Waals surface area contributed by atoms with Gasteiger partial charge >= 0.3 is 5.97 Å². The molecule has 104 valence electrons. The van der Waals surface area contributed by atoms with Crippen molar-refractivity contribution in [2.24, 2.45) is 4.99 Å². The second kappa shape index (κ2) is 5.81. The van der Waals surface area contributed by atoms with Crippen LogP contribution in [0.2, 0.25) is 0 Å². The molecule has 1 aromatic heterocycles. The Kier molecular flexibility index (Phi) is 3.71. The highest BCUT2D eigenvalue weighted by Gasteiger charge is 2.25. The fourth-order valence-corrected chi connectivity index (χ4v) is 2.02. The van der Waals surface area contributed by atoms with Gasteiger partial charge in [-0.2, -0.15) is 0 Å². The molecule has 4 nitrogen and oxygen atoms in total. The Bertz CT molecular complexity index is 743. The number of furan rings is 1. The van der Waals surface area contributed by atoms with Crippen molar-refractivity contribution >= 4 is 29.5 Å². The van der Waals surface area contributed by atoms with Gasteiger partial charge in [0.2, 0.25) is 0 Å². The zero-order valence-electron chi connectivity index (χ0n) is 10.8. The molecule has 2 aromatic rings. The number of rotatable bonds is 3. The lowest BCUT2D eigenvalue weighted by atomic mass is 10.2. The summed E-state index contributed by atoms with van der Waals surface area (Å²) in [6.45, 7) is 0. The SMILES string of the molecule is O=C1OC(c2ccco2)=NC1=CC(Cl)=Cc1ccccc1. The van der Waals surface area contributed by atoms with Crippen molar-refractivity contribution < 1.29 is 13.9 Å². The molecule has 0 N–H and O–H groups in total. The molecule has 0 bridgehead atoms. The van der Waals surface area contributed by atoms with E-state index in [4.69, 9.17) is 20.8 Å². The van der Waals surface area contributed by atoms with E-state index < -0.39 is 5.97 Å². The number of ether oxygens (including phenoxy) is 1. The van der Waals surface area contributed by atoms with Crippen LogP contribution in [0.5, 0.6) is 0 Å². The van der Waals surface area contributed by atoms with Crippen molar-refractivity contribution in [2.45, 2.75) is 0 Å². The summed E-state index contributed by atoms with van der Waals surface area (Å²) >= 11 is 6.12. The lowest BCUT2D eigenvalue weighted by molar-refractivity contribution is -0.130. The number of nitrogens with zero attached hydrogens (tertiary/aromatic N) is 1. The van der Waals surface area contributed by atoms with Crippen LogP contribution in [0.15, 0.2) is 74.9 Å². The summed E-state index contributed by atoms with van der Waals surface area (Å²) < 4.78 is 10.2. The highest BCUT2D eigenvalue weighted by Crippen LogP contribution is 2.20. The van der Waals surface area contributed by atoms with Crippen LogP contribution in [0.1, 0.15) is 11.3 Å². The number of hydrogen-bond acceptors (Lipinski definition) is 4. The summed E-state index contributed by atoms with van der Waals surface area (Å²) in [5.41, 5.74) is 1.07. The van der Waals surface area contributed by atoms with Gasteiger partial charge in [-0.15, -0.1) is 0 Å². The number of allylic oxidation sites excluding steroid dienone is 2. The summed E-state index contributed by atoms with van der Waals surface area (Å²) in [5.74, 6) is -0.0173. The Morgan fingerprint density at radius 2 is 1.95 bits per heavy atom. The summed E-state index contributed by atoms with van der Waals surface area (Å²) in [6, 6.07) is 12.9. The van der Waals surface area contributed by atoms with Gasteiger partial charge in [0.25, 0.3) is 5.90 Å². The van der Waals surface area contributed by atoms with E-state index in [9.17, 15) is 4.79 Å². The van der Waals surface area contributed by atoms with Gasteiger partial charge in [0, 0.05) is 5.03 Å². The van der Waals surface area contributed by atoms with Gasteiger partial charge in [-0.3, -0.25) is 0 Å². The average Bonchev–Trinajstić information content (AvgIpc) is 3.10. The Morgan fingerprint density at radius 3 is 2.67 bits per heavy atom. The zero-order chi connectivity index (χ0) is 14.7. The van der Waals surface area contributed by atoms with E-state index in [1.165, 1.54) is 12.3 Å². The number of benzene rings is 1. The monoisotopic (exact) mass is 299 g/mol. The summed E-state index contributed by atoms with van der Waals surface area (Å²) in [4.78, 5) is 15.8. The Balaban J connectivity index is 1.86. The fraction of sp³-hybridized carbons (Fsp3) is 0. The minimum Gasteiger partial charge on any atom is -0.459 e. The molecule has 2 heterocycles. The van der Waals surface area contributed by atoms with E-state index in [0.717, 1.165) is 5.56 Å². The quantitative estimate of drug-likeness (QED) is 0.640. The fourth-order valence-electron chi connectivity index (χ4n) is 1.80. The Morgan fingerprint density at radius 1 is 1.14 bits per heavy atom. The standard InChI is InChI=1S/C16H10ClNO3/c17-12(9-11-5-2-1-3-6-11)10-13-16(19)21-15(18-13)14-7-4-8-20-14/h1-10H. The largest absolute Gasteiger partial charge is 0.459 e. The van der Waals surface area contributed by atoms with Gasteiger partial charge in [0.05, 0.1) is 6.26 Å². The first-order chi connectivity index (χ1) is 10.2. The van der Waals surface area contributed by atoms with Crippen LogP contribution in [0, 0.1) is 0 Å². The van der Waals surface area contributed by atoms with Gasteiger partial charge in [-0.1, -0.05) is 41.9 Å². The molecule has 1 aliphatic heterocycles.